The summed E-state index contributed by atoms with van der Waals surface area (Å²) in [7, 11) is 1.79. The molecular formula is C11H15N9O. The van der Waals surface area contributed by atoms with E-state index < -0.39 is 0 Å². The Bertz CT molecular complexity index is 641. The summed E-state index contributed by atoms with van der Waals surface area (Å²) >= 11 is 0. The van der Waals surface area contributed by atoms with Crippen LogP contribution in [0.2, 0.25) is 0 Å². The quantitative estimate of drug-likeness (QED) is 0.724. The lowest BCUT2D eigenvalue weighted by Gasteiger charge is -2.19. The Morgan fingerprint density at radius 2 is 2.00 bits per heavy atom. The lowest BCUT2D eigenvalue weighted by atomic mass is 10.4. The minimum absolute atomic E-state index is 0.0220. The highest BCUT2D eigenvalue weighted by Crippen LogP contribution is 2.14. The molecule has 0 spiro atoms. The standard InChI is InChI=1S/C11H15N9O/c1-18-3-2-4-19(5-8(18)21)10-15-9(12)16-11(17-10)20-7-13-6-14-20/h6-7H,2-5H2,1H3,(H2,12,15,16,17). The number of nitrogens with zero attached hydrogens (tertiary/aromatic N) is 8. The van der Waals surface area contributed by atoms with Crippen molar-refractivity contribution in [3.05, 3.63) is 12.7 Å². The lowest BCUT2D eigenvalue weighted by Crippen LogP contribution is -2.35. The second kappa shape index (κ2) is 5.31. The number of carbonyl (C=O) groups excluding carboxylic acids is 1. The van der Waals surface area contributed by atoms with Gasteiger partial charge in [-0.05, 0) is 6.42 Å². The third-order valence-corrected chi connectivity index (χ3v) is 3.21. The summed E-state index contributed by atoms with van der Waals surface area (Å²) in [6.07, 6.45) is 3.69. The molecule has 2 N–H and O–H groups in total. The zero-order chi connectivity index (χ0) is 14.8. The highest BCUT2D eigenvalue weighted by atomic mass is 16.2. The summed E-state index contributed by atoms with van der Waals surface area (Å²) in [6.45, 7) is 1.61. The van der Waals surface area contributed by atoms with Gasteiger partial charge in [0, 0.05) is 20.1 Å². The van der Waals surface area contributed by atoms with Crippen LogP contribution in [0.25, 0.3) is 5.95 Å². The molecule has 2 aromatic rings. The SMILES string of the molecule is CN1CCCN(c2nc(N)nc(-n3cncn3)n2)CC1=O. The Labute approximate surface area is 120 Å². The number of anilines is 2. The number of rotatable bonds is 2. The zero-order valence-electron chi connectivity index (χ0n) is 11.5. The van der Waals surface area contributed by atoms with E-state index in [9.17, 15) is 4.79 Å². The highest BCUT2D eigenvalue weighted by molar-refractivity contribution is 5.81. The van der Waals surface area contributed by atoms with Gasteiger partial charge in [0.2, 0.25) is 17.8 Å². The van der Waals surface area contributed by atoms with Crippen LogP contribution in [0.5, 0.6) is 0 Å². The Kier molecular flexibility index (Phi) is 3.34. The molecule has 1 aliphatic rings. The number of hydrogen-bond donors (Lipinski definition) is 1. The fourth-order valence-electron chi connectivity index (χ4n) is 2.08. The molecule has 3 heterocycles. The number of nitrogens with two attached hydrogens (primary N) is 1. The van der Waals surface area contributed by atoms with Crippen molar-refractivity contribution in [1.82, 2.24) is 34.6 Å². The molecule has 110 valence electrons. The van der Waals surface area contributed by atoms with Crippen molar-refractivity contribution in [2.45, 2.75) is 6.42 Å². The minimum Gasteiger partial charge on any atom is -0.368 e. The third-order valence-electron chi connectivity index (χ3n) is 3.21. The number of nitrogen functional groups attached to an aromatic ring is 1. The van der Waals surface area contributed by atoms with E-state index in [1.807, 2.05) is 0 Å². The first-order valence-corrected chi connectivity index (χ1v) is 6.49. The third kappa shape index (κ3) is 2.73. The van der Waals surface area contributed by atoms with Gasteiger partial charge in [-0.1, -0.05) is 0 Å². The molecule has 1 saturated heterocycles. The minimum atomic E-state index is 0.0220. The van der Waals surface area contributed by atoms with Crippen molar-refractivity contribution in [3.63, 3.8) is 0 Å². The molecule has 21 heavy (non-hydrogen) atoms. The Morgan fingerprint density at radius 3 is 2.76 bits per heavy atom. The number of hydrogen-bond acceptors (Lipinski definition) is 8. The van der Waals surface area contributed by atoms with Gasteiger partial charge >= 0.3 is 0 Å². The molecule has 0 aliphatic carbocycles. The van der Waals surface area contributed by atoms with E-state index in [1.165, 1.54) is 17.3 Å². The maximum Gasteiger partial charge on any atom is 0.258 e. The zero-order valence-corrected chi connectivity index (χ0v) is 11.5. The largest absolute Gasteiger partial charge is 0.368 e. The van der Waals surface area contributed by atoms with Crippen LogP contribution >= 0.6 is 0 Å². The number of aromatic nitrogens is 6. The number of amides is 1. The first-order valence-electron chi connectivity index (χ1n) is 6.49. The van der Waals surface area contributed by atoms with Crippen molar-refractivity contribution in [1.29, 1.82) is 0 Å². The van der Waals surface area contributed by atoms with Crippen molar-refractivity contribution in [2.75, 3.05) is 37.3 Å². The molecule has 0 bridgehead atoms. The molecule has 0 radical (unpaired) electrons. The smallest absolute Gasteiger partial charge is 0.258 e. The molecule has 0 atom stereocenters. The van der Waals surface area contributed by atoms with Crippen LogP contribution < -0.4 is 10.6 Å². The van der Waals surface area contributed by atoms with E-state index in [-0.39, 0.29) is 24.3 Å². The predicted molar refractivity (Wildman–Crippen MR) is 73.6 cm³/mol. The molecule has 10 nitrogen and oxygen atoms in total. The Morgan fingerprint density at radius 1 is 1.19 bits per heavy atom. The van der Waals surface area contributed by atoms with Crippen LogP contribution in [0.3, 0.4) is 0 Å². The van der Waals surface area contributed by atoms with Crippen molar-refractivity contribution in [2.24, 2.45) is 0 Å². The summed E-state index contributed by atoms with van der Waals surface area (Å²) in [4.78, 5) is 31.7. The van der Waals surface area contributed by atoms with E-state index >= 15 is 0 Å². The second-order valence-electron chi connectivity index (χ2n) is 4.72. The van der Waals surface area contributed by atoms with Crippen LogP contribution in [0.15, 0.2) is 12.7 Å². The van der Waals surface area contributed by atoms with Gasteiger partial charge < -0.3 is 15.5 Å². The molecule has 1 fully saturated rings. The van der Waals surface area contributed by atoms with Crippen molar-refractivity contribution < 1.29 is 4.79 Å². The summed E-state index contributed by atoms with van der Waals surface area (Å²) in [5.41, 5.74) is 5.73. The van der Waals surface area contributed by atoms with Gasteiger partial charge in [-0.25, -0.2) is 4.98 Å². The van der Waals surface area contributed by atoms with Gasteiger partial charge in [-0.15, -0.1) is 0 Å². The number of likely N-dealkylation sites (N-methyl/N-ethyl adjacent to an activating group) is 1. The van der Waals surface area contributed by atoms with Crippen LogP contribution in [-0.2, 0) is 4.79 Å². The fraction of sp³-hybridized carbons (Fsp3) is 0.455. The summed E-state index contributed by atoms with van der Waals surface area (Å²) in [5.74, 6) is 0.751. The molecular weight excluding hydrogens is 274 g/mol. The fourth-order valence-corrected chi connectivity index (χ4v) is 2.08. The Hall–Kier alpha value is -2.78. The summed E-state index contributed by atoms with van der Waals surface area (Å²) < 4.78 is 1.40. The average Bonchev–Trinajstić information content (AvgIpc) is 2.94. The summed E-state index contributed by atoms with van der Waals surface area (Å²) in [5, 5.41) is 3.96. The topological polar surface area (TPSA) is 119 Å². The second-order valence-corrected chi connectivity index (χ2v) is 4.72. The molecule has 1 aliphatic heterocycles. The molecule has 2 aromatic heterocycles. The van der Waals surface area contributed by atoms with Gasteiger partial charge in [0.15, 0.2) is 0 Å². The van der Waals surface area contributed by atoms with E-state index in [0.29, 0.717) is 19.0 Å². The Balaban J connectivity index is 1.93. The molecule has 1 amide bonds. The molecule has 0 unspecified atom stereocenters. The normalized spacial score (nSPS) is 16.1. The summed E-state index contributed by atoms with van der Waals surface area (Å²) in [6, 6.07) is 0. The maximum atomic E-state index is 12.0. The molecule has 0 aromatic carbocycles. The van der Waals surface area contributed by atoms with Crippen LogP contribution in [0.4, 0.5) is 11.9 Å². The first-order chi connectivity index (χ1) is 10.1. The van der Waals surface area contributed by atoms with E-state index in [0.717, 1.165) is 6.42 Å². The first kappa shape index (κ1) is 13.2. The predicted octanol–water partition coefficient (Wildman–Crippen LogP) is -1.30. The van der Waals surface area contributed by atoms with Crippen LogP contribution in [0, 0.1) is 0 Å². The van der Waals surface area contributed by atoms with Crippen molar-refractivity contribution in [3.8, 4) is 5.95 Å². The van der Waals surface area contributed by atoms with Gasteiger partial charge in [0.1, 0.15) is 12.7 Å². The highest BCUT2D eigenvalue weighted by Gasteiger charge is 2.22. The van der Waals surface area contributed by atoms with Gasteiger partial charge in [-0.2, -0.15) is 24.7 Å². The van der Waals surface area contributed by atoms with E-state index in [4.69, 9.17) is 5.73 Å². The average molecular weight is 289 g/mol. The monoisotopic (exact) mass is 289 g/mol. The van der Waals surface area contributed by atoms with Gasteiger partial charge in [0.05, 0.1) is 6.54 Å². The maximum absolute atomic E-state index is 12.0. The number of carbonyl (C=O) groups is 1. The van der Waals surface area contributed by atoms with Gasteiger partial charge in [0.25, 0.3) is 5.95 Å². The lowest BCUT2D eigenvalue weighted by molar-refractivity contribution is -0.127. The van der Waals surface area contributed by atoms with Crippen LogP contribution in [0.1, 0.15) is 6.42 Å². The van der Waals surface area contributed by atoms with E-state index in [1.54, 1.807) is 16.8 Å². The van der Waals surface area contributed by atoms with Crippen molar-refractivity contribution >= 4 is 17.8 Å². The molecule has 3 rings (SSSR count). The molecule has 10 heteroatoms. The molecule has 0 saturated carbocycles. The van der Waals surface area contributed by atoms with E-state index in [2.05, 4.69) is 25.0 Å². The van der Waals surface area contributed by atoms with Crippen LogP contribution in [-0.4, -0.2) is 67.2 Å². The van der Waals surface area contributed by atoms with Gasteiger partial charge in [-0.3, -0.25) is 4.79 Å².